The van der Waals surface area contributed by atoms with Gasteiger partial charge in [-0.05, 0) is 19.8 Å². The molecule has 0 aromatic heterocycles. The third kappa shape index (κ3) is 3.01. The number of aliphatic carboxylic acids is 1. The van der Waals surface area contributed by atoms with Crippen LogP contribution in [0.1, 0.15) is 26.7 Å². The molecule has 26 heavy (non-hydrogen) atoms. The standard InChI is InChI=1S/C17H25N3O5S/c1-7-12-11(8(2)21)16(23)20(12)13(17(24)25)14(7)26-9-4-5-10(19-6-9)15(22)18-3/h7-12,19,21H,4-6H2,1-3H3,(H,18,22)(H,24,25)/t7-,8-,9+,10+,11-,12-/m1/s1. The van der Waals surface area contributed by atoms with E-state index >= 15 is 0 Å². The number of carbonyl (C=O) groups excluding carboxylic acids is 2. The van der Waals surface area contributed by atoms with Crippen LogP contribution in [0.5, 0.6) is 0 Å². The van der Waals surface area contributed by atoms with E-state index in [9.17, 15) is 24.6 Å². The van der Waals surface area contributed by atoms with E-state index < -0.39 is 18.0 Å². The van der Waals surface area contributed by atoms with Crippen LogP contribution < -0.4 is 10.6 Å². The highest BCUT2D eigenvalue weighted by Crippen LogP contribution is 2.51. The number of carboxylic acids is 1. The summed E-state index contributed by atoms with van der Waals surface area (Å²) in [6.07, 6.45) is 0.677. The second kappa shape index (κ2) is 7.21. The molecule has 0 unspecified atom stereocenters. The number of piperidine rings is 1. The number of amides is 2. The fourth-order valence-corrected chi connectivity index (χ4v) is 5.63. The van der Waals surface area contributed by atoms with Gasteiger partial charge in [-0.15, -0.1) is 11.8 Å². The highest BCUT2D eigenvalue weighted by Gasteiger charge is 2.60. The molecule has 0 saturated carbocycles. The Kier molecular flexibility index (Phi) is 5.32. The first-order valence-electron chi connectivity index (χ1n) is 8.88. The van der Waals surface area contributed by atoms with E-state index in [2.05, 4.69) is 10.6 Å². The van der Waals surface area contributed by atoms with Gasteiger partial charge in [0.2, 0.25) is 11.8 Å². The molecule has 2 amide bonds. The van der Waals surface area contributed by atoms with E-state index in [0.29, 0.717) is 17.9 Å². The maximum absolute atomic E-state index is 12.3. The van der Waals surface area contributed by atoms with Crippen molar-refractivity contribution in [2.45, 2.75) is 50.1 Å². The van der Waals surface area contributed by atoms with Crippen LogP contribution in [-0.2, 0) is 14.4 Å². The third-order valence-electron chi connectivity index (χ3n) is 5.54. The van der Waals surface area contributed by atoms with Gasteiger partial charge >= 0.3 is 5.97 Å². The molecule has 3 aliphatic rings. The number of β-lactam (4-membered cyclic amide) rings is 1. The monoisotopic (exact) mass is 383 g/mol. The third-order valence-corrected chi connectivity index (χ3v) is 7.09. The number of carbonyl (C=O) groups is 3. The Morgan fingerprint density at radius 1 is 1.38 bits per heavy atom. The molecular formula is C17H25N3O5S. The van der Waals surface area contributed by atoms with E-state index in [1.807, 2.05) is 6.92 Å². The highest BCUT2D eigenvalue weighted by atomic mass is 32.2. The summed E-state index contributed by atoms with van der Waals surface area (Å²) in [7, 11) is 1.61. The molecule has 4 N–H and O–H groups in total. The molecule has 3 heterocycles. The molecule has 0 aromatic carbocycles. The van der Waals surface area contributed by atoms with Crippen molar-refractivity contribution in [2.75, 3.05) is 13.6 Å². The molecule has 144 valence electrons. The Morgan fingerprint density at radius 3 is 2.58 bits per heavy atom. The molecule has 0 aromatic rings. The minimum absolute atomic E-state index is 0.0392. The van der Waals surface area contributed by atoms with Crippen molar-refractivity contribution in [1.29, 1.82) is 0 Å². The van der Waals surface area contributed by atoms with Crippen LogP contribution in [-0.4, -0.2) is 69.9 Å². The summed E-state index contributed by atoms with van der Waals surface area (Å²) in [4.78, 5) is 37.9. The SMILES string of the molecule is CNC(=O)[C@@H]1CC[C@H](SC2=C(C(=O)O)N3C(=O)[C@H]([C@@H](C)O)[C@H]3[C@H]2C)CN1. The molecule has 2 saturated heterocycles. The molecule has 0 aliphatic carbocycles. The first-order chi connectivity index (χ1) is 12.3. The molecule has 3 rings (SSSR count). The maximum atomic E-state index is 12.3. The number of nitrogens with zero attached hydrogens (tertiary/aromatic N) is 1. The number of nitrogens with one attached hydrogen (secondary N) is 2. The average Bonchev–Trinajstić information content (AvgIpc) is 2.84. The predicted octanol–water partition coefficient (Wildman–Crippen LogP) is -0.260. The van der Waals surface area contributed by atoms with Crippen molar-refractivity contribution in [3.05, 3.63) is 10.6 Å². The Bertz CT molecular complexity index is 657. The summed E-state index contributed by atoms with van der Waals surface area (Å²) in [6, 6.07) is -0.502. The highest BCUT2D eigenvalue weighted by molar-refractivity contribution is 8.03. The van der Waals surface area contributed by atoms with E-state index in [1.54, 1.807) is 14.0 Å². The van der Waals surface area contributed by atoms with Crippen molar-refractivity contribution in [1.82, 2.24) is 15.5 Å². The Labute approximate surface area is 156 Å². The zero-order valence-corrected chi connectivity index (χ0v) is 15.9. The zero-order chi connectivity index (χ0) is 19.2. The number of aliphatic hydroxyl groups excluding tert-OH is 1. The summed E-state index contributed by atoms with van der Waals surface area (Å²) in [5.41, 5.74) is 0.0582. The van der Waals surface area contributed by atoms with Gasteiger partial charge in [0.25, 0.3) is 0 Å². The summed E-state index contributed by atoms with van der Waals surface area (Å²) in [5.74, 6) is -2.13. The molecule has 0 spiro atoms. The normalized spacial score (nSPS) is 35.0. The molecule has 6 atom stereocenters. The van der Waals surface area contributed by atoms with Gasteiger partial charge in [0.15, 0.2) is 0 Å². The van der Waals surface area contributed by atoms with E-state index in [1.165, 1.54) is 16.7 Å². The van der Waals surface area contributed by atoms with Crippen LogP contribution in [0.15, 0.2) is 10.6 Å². The first-order valence-corrected chi connectivity index (χ1v) is 9.76. The number of aliphatic hydroxyl groups is 1. The van der Waals surface area contributed by atoms with Gasteiger partial charge in [-0.3, -0.25) is 9.59 Å². The average molecular weight is 383 g/mol. The van der Waals surface area contributed by atoms with E-state index in [-0.39, 0.29) is 40.8 Å². The quantitative estimate of drug-likeness (QED) is 0.483. The minimum Gasteiger partial charge on any atom is -0.477 e. The molecular weight excluding hydrogens is 358 g/mol. The number of hydrogen-bond donors (Lipinski definition) is 4. The fourth-order valence-electron chi connectivity index (χ4n) is 4.19. The van der Waals surface area contributed by atoms with Gasteiger partial charge in [-0.1, -0.05) is 6.92 Å². The lowest BCUT2D eigenvalue weighted by Crippen LogP contribution is -2.63. The van der Waals surface area contributed by atoms with E-state index in [0.717, 1.165) is 6.42 Å². The van der Waals surface area contributed by atoms with Gasteiger partial charge in [-0.25, -0.2) is 4.79 Å². The molecule has 9 heteroatoms. The van der Waals surface area contributed by atoms with Crippen molar-refractivity contribution in [3.8, 4) is 0 Å². The summed E-state index contributed by atoms with van der Waals surface area (Å²) >= 11 is 1.49. The molecule has 0 radical (unpaired) electrons. The van der Waals surface area contributed by atoms with Crippen molar-refractivity contribution < 1.29 is 24.6 Å². The van der Waals surface area contributed by atoms with Gasteiger partial charge in [0.1, 0.15) is 5.70 Å². The summed E-state index contributed by atoms with van der Waals surface area (Å²) in [6.45, 7) is 4.09. The molecule has 3 aliphatic heterocycles. The van der Waals surface area contributed by atoms with Gasteiger partial charge < -0.3 is 25.7 Å². The number of carboxylic acid groups (broad SMARTS) is 1. The van der Waals surface area contributed by atoms with Gasteiger partial charge in [0.05, 0.1) is 24.1 Å². The van der Waals surface area contributed by atoms with Crippen molar-refractivity contribution in [2.24, 2.45) is 11.8 Å². The second-order valence-corrected chi connectivity index (χ2v) is 8.51. The topological polar surface area (TPSA) is 119 Å². The van der Waals surface area contributed by atoms with E-state index in [4.69, 9.17) is 0 Å². The lowest BCUT2D eigenvalue weighted by atomic mass is 9.79. The van der Waals surface area contributed by atoms with Crippen molar-refractivity contribution in [3.63, 3.8) is 0 Å². The fraction of sp³-hybridized carbons (Fsp3) is 0.706. The largest absolute Gasteiger partial charge is 0.477 e. The smallest absolute Gasteiger partial charge is 0.353 e. The van der Waals surface area contributed by atoms with Crippen LogP contribution in [0, 0.1) is 11.8 Å². The second-order valence-electron chi connectivity index (χ2n) is 7.16. The summed E-state index contributed by atoms with van der Waals surface area (Å²) in [5, 5.41) is 25.5. The van der Waals surface area contributed by atoms with Crippen molar-refractivity contribution >= 4 is 29.5 Å². The van der Waals surface area contributed by atoms with Crippen LogP contribution >= 0.6 is 11.8 Å². The Hall–Kier alpha value is -1.58. The lowest BCUT2D eigenvalue weighted by molar-refractivity contribution is -0.163. The summed E-state index contributed by atoms with van der Waals surface area (Å²) < 4.78 is 0. The number of hydrogen-bond acceptors (Lipinski definition) is 6. The first kappa shape index (κ1) is 19.2. The lowest BCUT2D eigenvalue weighted by Gasteiger charge is -2.46. The molecule has 8 nitrogen and oxygen atoms in total. The Balaban J connectivity index is 1.74. The van der Waals surface area contributed by atoms with Crippen LogP contribution in [0.3, 0.4) is 0 Å². The zero-order valence-electron chi connectivity index (χ0n) is 15.1. The minimum atomic E-state index is -1.11. The van der Waals surface area contributed by atoms with Gasteiger partial charge in [0, 0.05) is 29.7 Å². The number of thioether (sulfide) groups is 1. The maximum Gasteiger partial charge on any atom is 0.353 e. The molecule has 0 bridgehead atoms. The van der Waals surface area contributed by atoms with Gasteiger partial charge in [-0.2, -0.15) is 0 Å². The van der Waals surface area contributed by atoms with Crippen LogP contribution in [0.25, 0.3) is 0 Å². The molecule has 2 fully saturated rings. The number of likely N-dealkylation sites (N-methyl/N-ethyl adjacent to an activating group) is 1. The number of rotatable bonds is 5. The predicted molar refractivity (Wildman–Crippen MR) is 96.1 cm³/mol. The number of fused-ring (bicyclic) bond motifs is 1. The van der Waals surface area contributed by atoms with Crippen LogP contribution in [0.4, 0.5) is 0 Å². The Morgan fingerprint density at radius 2 is 2.08 bits per heavy atom. The van der Waals surface area contributed by atoms with Crippen LogP contribution in [0.2, 0.25) is 0 Å².